The Morgan fingerprint density at radius 1 is 0.915 bits per heavy atom. The molecule has 244 valence electrons. The average molecular weight is 637 g/mol. The Balaban J connectivity index is 1.19. The summed E-state index contributed by atoms with van der Waals surface area (Å²) in [5.41, 5.74) is 10.5. The number of nitrogens with one attached hydrogen (secondary N) is 3. The minimum Gasteiger partial charge on any atom is -0.378 e. The molecule has 1 saturated carbocycles. The van der Waals surface area contributed by atoms with E-state index < -0.39 is 6.04 Å². The quantitative estimate of drug-likeness (QED) is 0.205. The van der Waals surface area contributed by atoms with Gasteiger partial charge in [-0.1, -0.05) is 36.4 Å². The molecular weight excluding hydrogens is 596 g/mol. The maximum atomic E-state index is 13.7. The molecule has 12 heteroatoms. The second kappa shape index (κ2) is 15.1. The number of nitrogens with zero attached hydrogens (tertiary/aromatic N) is 4. The molecule has 0 bridgehead atoms. The molecule has 3 amide bonds. The average Bonchev–Trinajstić information content (AvgIpc) is 3.67. The van der Waals surface area contributed by atoms with Crippen molar-refractivity contribution in [3.63, 3.8) is 0 Å². The predicted octanol–water partition coefficient (Wildman–Crippen LogP) is 3.44. The molecule has 12 nitrogen and oxygen atoms in total. The molecule has 3 aromatic carbocycles. The van der Waals surface area contributed by atoms with E-state index in [1.54, 1.807) is 12.1 Å². The molecule has 0 unspecified atom stereocenters. The van der Waals surface area contributed by atoms with Crippen LogP contribution in [0.4, 0.5) is 5.69 Å². The molecule has 6 rings (SSSR count). The van der Waals surface area contributed by atoms with Crippen LogP contribution in [0.25, 0.3) is 22.5 Å². The lowest BCUT2D eigenvalue weighted by molar-refractivity contribution is -0.130. The summed E-state index contributed by atoms with van der Waals surface area (Å²) in [5.74, 6) is 0.371. The molecule has 1 aliphatic carbocycles. The maximum absolute atomic E-state index is 13.7. The summed E-state index contributed by atoms with van der Waals surface area (Å²) in [4.78, 5) is 42.1. The number of anilines is 1. The third-order valence-electron chi connectivity index (χ3n) is 9.06. The highest BCUT2D eigenvalue weighted by atomic mass is 16.5. The number of carbonyl (C=O) groups excluding carboxylic acids is 3. The van der Waals surface area contributed by atoms with Crippen LogP contribution >= 0.6 is 0 Å². The summed E-state index contributed by atoms with van der Waals surface area (Å²) in [5, 5.41) is 19.9. The van der Waals surface area contributed by atoms with Crippen LogP contribution in [0.5, 0.6) is 0 Å². The summed E-state index contributed by atoms with van der Waals surface area (Å²) in [6.07, 6.45) is 3.63. The van der Waals surface area contributed by atoms with Gasteiger partial charge in [-0.2, -0.15) is 0 Å². The lowest BCUT2D eigenvalue weighted by atomic mass is 9.81. The van der Waals surface area contributed by atoms with Gasteiger partial charge in [0.05, 0.1) is 13.2 Å². The van der Waals surface area contributed by atoms with Gasteiger partial charge in [-0.3, -0.25) is 14.4 Å². The van der Waals surface area contributed by atoms with Crippen molar-refractivity contribution in [3.8, 4) is 22.5 Å². The number of hydrogen-bond acceptors (Lipinski definition) is 8. The number of H-pyrrole nitrogens is 1. The first-order valence-corrected chi connectivity index (χ1v) is 16.2. The van der Waals surface area contributed by atoms with Gasteiger partial charge in [0.1, 0.15) is 6.04 Å². The summed E-state index contributed by atoms with van der Waals surface area (Å²) in [6.45, 7) is 2.86. The van der Waals surface area contributed by atoms with Gasteiger partial charge < -0.3 is 26.0 Å². The zero-order valence-corrected chi connectivity index (χ0v) is 26.2. The van der Waals surface area contributed by atoms with Crippen LogP contribution in [0, 0.1) is 11.8 Å². The van der Waals surface area contributed by atoms with Gasteiger partial charge in [-0.25, -0.2) is 5.10 Å². The van der Waals surface area contributed by atoms with Gasteiger partial charge in [0.2, 0.25) is 11.8 Å². The van der Waals surface area contributed by atoms with Gasteiger partial charge >= 0.3 is 0 Å². The molecule has 5 N–H and O–H groups in total. The molecule has 1 atom stereocenters. The highest BCUT2D eigenvalue weighted by Gasteiger charge is 2.29. The van der Waals surface area contributed by atoms with Crippen molar-refractivity contribution in [2.45, 2.75) is 38.1 Å². The van der Waals surface area contributed by atoms with Crippen LogP contribution in [0.15, 0.2) is 72.8 Å². The smallest absolute Gasteiger partial charge is 0.254 e. The Morgan fingerprint density at radius 3 is 2.34 bits per heavy atom. The Hall–Kier alpha value is -4.94. The first-order chi connectivity index (χ1) is 23.0. The SMILES string of the molecule is NCC1CCC(C(=O)N[C@@H](Cc2cccc(-c3cccc(C(=O)N4CCOCC4)c3)c2)C(=O)Nc2ccc(-c3nnn[nH]3)cc2)CC1. The number of aromatic nitrogens is 4. The van der Waals surface area contributed by atoms with Crippen LogP contribution < -0.4 is 16.4 Å². The van der Waals surface area contributed by atoms with Crippen LogP contribution in [0.1, 0.15) is 41.6 Å². The van der Waals surface area contributed by atoms with Gasteiger partial charge in [0.25, 0.3) is 5.91 Å². The number of carbonyl (C=O) groups is 3. The number of hydrogen-bond donors (Lipinski definition) is 4. The normalized spacial score (nSPS) is 18.7. The maximum Gasteiger partial charge on any atom is 0.254 e. The number of aromatic amines is 1. The van der Waals surface area contributed by atoms with E-state index in [0.29, 0.717) is 55.8 Å². The van der Waals surface area contributed by atoms with Crippen molar-refractivity contribution in [2.24, 2.45) is 17.6 Å². The van der Waals surface area contributed by atoms with E-state index in [9.17, 15) is 14.4 Å². The van der Waals surface area contributed by atoms with Crippen molar-refractivity contribution >= 4 is 23.4 Å². The fourth-order valence-corrected chi connectivity index (χ4v) is 6.28. The Morgan fingerprint density at radius 2 is 1.64 bits per heavy atom. The number of ether oxygens (including phenoxy) is 1. The van der Waals surface area contributed by atoms with Gasteiger partial charge in [-0.15, -0.1) is 5.10 Å². The minimum absolute atomic E-state index is 0.0169. The highest BCUT2D eigenvalue weighted by molar-refractivity contribution is 5.98. The van der Waals surface area contributed by atoms with Crippen molar-refractivity contribution in [1.82, 2.24) is 30.8 Å². The summed E-state index contributed by atoms with van der Waals surface area (Å²) in [7, 11) is 0. The number of amides is 3. The van der Waals surface area contributed by atoms with Crippen LogP contribution in [0.2, 0.25) is 0 Å². The zero-order valence-electron chi connectivity index (χ0n) is 26.2. The second-order valence-corrected chi connectivity index (χ2v) is 12.2. The molecule has 2 heterocycles. The van der Waals surface area contributed by atoms with E-state index in [1.165, 1.54) is 0 Å². The van der Waals surface area contributed by atoms with Gasteiger partial charge in [0, 0.05) is 42.2 Å². The molecule has 2 aliphatic rings. The summed E-state index contributed by atoms with van der Waals surface area (Å²) >= 11 is 0. The summed E-state index contributed by atoms with van der Waals surface area (Å²) < 4.78 is 5.40. The van der Waals surface area contributed by atoms with Crippen molar-refractivity contribution in [3.05, 3.63) is 83.9 Å². The van der Waals surface area contributed by atoms with Gasteiger partial charge in [-0.05, 0) is 102 Å². The number of benzene rings is 3. The van der Waals surface area contributed by atoms with E-state index in [0.717, 1.165) is 47.9 Å². The minimum atomic E-state index is -0.808. The highest BCUT2D eigenvalue weighted by Crippen LogP contribution is 2.29. The largest absolute Gasteiger partial charge is 0.378 e. The molecule has 1 aliphatic heterocycles. The lowest BCUT2D eigenvalue weighted by Gasteiger charge is -2.28. The van der Waals surface area contributed by atoms with Crippen molar-refractivity contribution in [2.75, 3.05) is 38.2 Å². The molecule has 47 heavy (non-hydrogen) atoms. The molecule has 2 fully saturated rings. The van der Waals surface area contributed by atoms with Crippen molar-refractivity contribution < 1.29 is 19.1 Å². The molecular formula is C35H40N8O4. The number of morpholine rings is 1. The molecule has 0 spiro atoms. The zero-order chi connectivity index (χ0) is 32.6. The Kier molecular flexibility index (Phi) is 10.3. The summed E-state index contributed by atoms with van der Waals surface area (Å²) in [6, 6.07) is 21.8. The van der Waals surface area contributed by atoms with Crippen molar-refractivity contribution in [1.29, 1.82) is 0 Å². The second-order valence-electron chi connectivity index (χ2n) is 12.2. The van der Waals surface area contributed by atoms with Crippen LogP contribution in [-0.2, 0) is 20.7 Å². The van der Waals surface area contributed by atoms with E-state index >= 15 is 0 Å². The van der Waals surface area contributed by atoms with Gasteiger partial charge in [0.15, 0.2) is 5.82 Å². The van der Waals surface area contributed by atoms with E-state index in [1.807, 2.05) is 65.6 Å². The molecule has 1 aromatic heterocycles. The Labute approximate surface area is 273 Å². The third kappa shape index (κ3) is 8.08. The number of nitrogens with two attached hydrogens (primary N) is 1. The van der Waals surface area contributed by atoms with E-state index in [4.69, 9.17) is 10.5 Å². The first-order valence-electron chi connectivity index (χ1n) is 16.2. The Bertz CT molecular complexity index is 1660. The van der Waals surface area contributed by atoms with E-state index in [2.05, 4.69) is 31.3 Å². The van der Waals surface area contributed by atoms with Crippen LogP contribution in [0.3, 0.4) is 0 Å². The lowest BCUT2D eigenvalue weighted by Crippen LogP contribution is -2.48. The van der Waals surface area contributed by atoms with Crippen LogP contribution in [-0.4, -0.2) is 82.1 Å². The fraction of sp³-hybridized carbons (Fsp3) is 0.371. The van der Waals surface area contributed by atoms with E-state index in [-0.39, 0.29) is 30.1 Å². The fourth-order valence-electron chi connectivity index (χ4n) is 6.28. The standard InChI is InChI=1S/C35H40N8O4/c36-22-23-7-9-26(10-8-23)33(44)38-31(34(45)37-30-13-11-25(12-14-30)32-39-41-42-40-32)20-24-3-1-4-27(19-24)28-5-2-6-29(21-28)35(46)43-15-17-47-18-16-43/h1-6,11-14,19,21,23,26,31H,7-10,15-18,20,22,36H2,(H,37,45)(H,38,44)(H,39,40,41,42)/t23?,26?,31-/m0/s1. The monoisotopic (exact) mass is 636 g/mol. The number of rotatable bonds is 10. The topological polar surface area (TPSA) is 168 Å². The molecule has 1 saturated heterocycles. The number of tetrazole rings is 1. The molecule has 0 radical (unpaired) electrons. The third-order valence-corrected chi connectivity index (χ3v) is 9.06. The predicted molar refractivity (Wildman–Crippen MR) is 177 cm³/mol. The molecule has 4 aromatic rings. The first kappa shape index (κ1) is 32.0.